The van der Waals surface area contributed by atoms with Crippen molar-refractivity contribution in [3.63, 3.8) is 0 Å². The summed E-state index contributed by atoms with van der Waals surface area (Å²) in [6.45, 7) is 2.37. The van der Waals surface area contributed by atoms with Crippen LogP contribution in [0.5, 0.6) is 0 Å². The van der Waals surface area contributed by atoms with Gasteiger partial charge in [-0.15, -0.1) is 0 Å². The average molecular weight is 267 g/mol. The van der Waals surface area contributed by atoms with Crippen LogP contribution in [0, 0.1) is 5.92 Å². The lowest BCUT2D eigenvalue weighted by molar-refractivity contribution is 0.299. The van der Waals surface area contributed by atoms with Crippen molar-refractivity contribution >= 4 is 11.6 Å². The highest BCUT2D eigenvalue weighted by Gasteiger charge is 2.23. The zero-order valence-electron chi connectivity index (χ0n) is 11.3. The van der Waals surface area contributed by atoms with E-state index in [0.29, 0.717) is 6.04 Å². The van der Waals surface area contributed by atoms with Gasteiger partial charge in [-0.3, -0.25) is 0 Å². The van der Waals surface area contributed by atoms with Gasteiger partial charge in [0, 0.05) is 17.6 Å². The van der Waals surface area contributed by atoms with Crippen LogP contribution in [0.2, 0.25) is 5.02 Å². The van der Waals surface area contributed by atoms with E-state index in [4.69, 9.17) is 11.6 Å². The summed E-state index contributed by atoms with van der Waals surface area (Å²) >= 11 is 6.25. The maximum Gasteiger partial charge on any atom is 0.0453 e. The zero-order chi connectivity index (χ0) is 13.0. The van der Waals surface area contributed by atoms with Crippen LogP contribution >= 0.6 is 11.6 Å². The fourth-order valence-corrected chi connectivity index (χ4v) is 2.66. The van der Waals surface area contributed by atoms with Crippen molar-refractivity contribution in [1.82, 2.24) is 10.2 Å². The van der Waals surface area contributed by atoms with E-state index in [2.05, 4.69) is 29.4 Å². The van der Waals surface area contributed by atoms with E-state index in [1.165, 1.54) is 24.9 Å². The van der Waals surface area contributed by atoms with Crippen molar-refractivity contribution in [2.24, 2.45) is 5.92 Å². The van der Waals surface area contributed by atoms with Crippen LogP contribution < -0.4 is 5.32 Å². The molecule has 1 aliphatic carbocycles. The van der Waals surface area contributed by atoms with Gasteiger partial charge < -0.3 is 10.2 Å². The van der Waals surface area contributed by atoms with Crippen LogP contribution in [0.3, 0.4) is 0 Å². The van der Waals surface area contributed by atoms with Gasteiger partial charge in [-0.05, 0) is 57.5 Å². The summed E-state index contributed by atoms with van der Waals surface area (Å²) in [4.78, 5) is 2.44. The van der Waals surface area contributed by atoms with Crippen LogP contribution in [0.25, 0.3) is 0 Å². The Hall–Kier alpha value is -0.570. The van der Waals surface area contributed by atoms with Crippen LogP contribution in [-0.4, -0.2) is 32.1 Å². The second kappa shape index (κ2) is 6.55. The molecule has 2 nitrogen and oxygen atoms in total. The summed E-state index contributed by atoms with van der Waals surface area (Å²) in [7, 11) is 4.23. The van der Waals surface area contributed by atoms with Crippen molar-refractivity contribution in [3.8, 4) is 0 Å². The van der Waals surface area contributed by atoms with E-state index >= 15 is 0 Å². The molecule has 0 amide bonds. The molecule has 1 atom stereocenters. The summed E-state index contributed by atoms with van der Waals surface area (Å²) in [6, 6.07) is 8.47. The van der Waals surface area contributed by atoms with Gasteiger partial charge in [-0.1, -0.05) is 29.8 Å². The van der Waals surface area contributed by atoms with Crippen molar-refractivity contribution in [2.75, 3.05) is 27.2 Å². The number of nitrogens with zero attached hydrogens (tertiary/aromatic N) is 1. The molecule has 1 N–H and O–H groups in total. The normalized spacial score (nSPS) is 17.1. The quantitative estimate of drug-likeness (QED) is 0.814. The molecule has 1 aromatic rings. The van der Waals surface area contributed by atoms with Crippen molar-refractivity contribution in [2.45, 2.75) is 25.3 Å². The lowest BCUT2D eigenvalue weighted by atomic mass is 10.0. The monoisotopic (exact) mass is 266 g/mol. The standard InChI is InChI=1S/C15H23ClN2/c1-17-15(13-5-3-4-6-14(13)16)9-10-18(2)11-12-7-8-12/h3-6,12,15,17H,7-11H2,1-2H3. The number of hydrogen-bond acceptors (Lipinski definition) is 2. The molecule has 3 heteroatoms. The first-order valence-corrected chi connectivity index (χ1v) is 7.18. The Bertz CT molecular complexity index is 377. The minimum atomic E-state index is 0.348. The molecule has 1 unspecified atom stereocenters. The summed E-state index contributed by atoms with van der Waals surface area (Å²) in [5, 5.41) is 4.24. The van der Waals surface area contributed by atoms with Crippen LogP contribution in [0.15, 0.2) is 24.3 Å². The SMILES string of the molecule is CNC(CCN(C)CC1CC1)c1ccccc1Cl. The Kier molecular flexibility index (Phi) is 5.04. The molecule has 0 saturated heterocycles. The zero-order valence-corrected chi connectivity index (χ0v) is 12.1. The van der Waals surface area contributed by atoms with Gasteiger partial charge in [0.1, 0.15) is 0 Å². The molecule has 0 spiro atoms. The number of benzene rings is 1. The molecule has 0 bridgehead atoms. The molecule has 0 aromatic heterocycles. The smallest absolute Gasteiger partial charge is 0.0453 e. The number of halogens is 1. The van der Waals surface area contributed by atoms with E-state index in [-0.39, 0.29) is 0 Å². The van der Waals surface area contributed by atoms with Gasteiger partial charge in [0.25, 0.3) is 0 Å². The summed E-state index contributed by atoms with van der Waals surface area (Å²) < 4.78 is 0. The molecule has 1 fully saturated rings. The number of nitrogens with one attached hydrogen (secondary N) is 1. The van der Waals surface area contributed by atoms with Crippen LogP contribution in [0.4, 0.5) is 0 Å². The van der Waals surface area contributed by atoms with E-state index in [1.54, 1.807) is 0 Å². The minimum absolute atomic E-state index is 0.348. The molecular weight excluding hydrogens is 244 g/mol. The Morgan fingerprint density at radius 1 is 1.39 bits per heavy atom. The molecular formula is C15H23ClN2. The lowest BCUT2D eigenvalue weighted by Crippen LogP contribution is -2.27. The van der Waals surface area contributed by atoms with Gasteiger partial charge in [0.05, 0.1) is 0 Å². The Labute approximate surface area is 115 Å². The van der Waals surface area contributed by atoms with Gasteiger partial charge >= 0.3 is 0 Å². The minimum Gasteiger partial charge on any atom is -0.313 e. The van der Waals surface area contributed by atoms with Crippen molar-refractivity contribution in [3.05, 3.63) is 34.9 Å². The largest absolute Gasteiger partial charge is 0.313 e. The van der Waals surface area contributed by atoms with E-state index < -0.39 is 0 Å². The van der Waals surface area contributed by atoms with Crippen molar-refractivity contribution < 1.29 is 0 Å². The first-order valence-electron chi connectivity index (χ1n) is 6.81. The van der Waals surface area contributed by atoms with Gasteiger partial charge in [0.15, 0.2) is 0 Å². The van der Waals surface area contributed by atoms with Crippen LogP contribution in [0.1, 0.15) is 30.9 Å². The molecule has 18 heavy (non-hydrogen) atoms. The van der Waals surface area contributed by atoms with E-state index in [1.807, 2.05) is 19.2 Å². The fourth-order valence-electron chi connectivity index (χ4n) is 2.40. The number of hydrogen-bond donors (Lipinski definition) is 1. The predicted molar refractivity (Wildman–Crippen MR) is 78.1 cm³/mol. The van der Waals surface area contributed by atoms with Crippen LogP contribution in [-0.2, 0) is 0 Å². The molecule has 1 saturated carbocycles. The molecule has 0 heterocycles. The lowest BCUT2D eigenvalue weighted by Gasteiger charge is -2.22. The molecule has 1 aromatic carbocycles. The highest BCUT2D eigenvalue weighted by molar-refractivity contribution is 6.31. The topological polar surface area (TPSA) is 15.3 Å². The Morgan fingerprint density at radius 2 is 2.11 bits per heavy atom. The third kappa shape index (κ3) is 3.98. The Balaban J connectivity index is 1.86. The summed E-state index contributed by atoms with van der Waals surface area (Å²) in [5.74, 6) is 0.961. The van der Waals surface area contributed by atoms with Gasteiger partial charge in [-0.2, -0.15) is 0 Å². The predicted octanol–water partition coefficient (Wildman–Crippen LogP) is 3.33. The third-order valence-electron chi connectivity index (χ3n) is 3.70. The van der Waals surface area contributed by atoms with Crippen molar-refractivity contribution in [1.29, 1.82) is 0 Å². The van der Waals surface area contributed by atoms with Gasteiger partial charge in [-0.25, -0.2) is 0 Å². The van der Waals surface area contributed by atoms with Gasteiger partial charge in [0.2, 0.25) is 0 Å². The highest BCUT2D eigenvalue weighted by atomic mass is 35.5. The first kappa shape index (κ1) is 13.9. The third-order valence-corrected chi connectivity index (χ3v) is 4.04. The molecule has 1 aliphatic rings. The summed E-state index contributed by atoms with van der Waals surface area (Å²) in [5.41, 5.74) is 1.21. The van der Waals surface area contributed by atoms with E-state index in [9.17, 15) is 0 Å². The fraction of sp³-hybridized carbons (Fsp3) is 0.600. The van der Waals surface area contributed by atoms with E-state index in [0.717, 1.165) is 23.9 Å². The first-order chi connectivity index (χ1) is 8.70. The highest BCUT2D eigenvalue weighted by Crippen LogP contribution is 2.30. The molecule has 0 aliphatic heterocycles. The second-order valence-electron chi connectivity index (χ2n) is 5.36. The Morgan fingerprint density at radius 3 is 2.72 bits per heavy atom. The number of rotatable bonds is 7. The molecule has 0 radical (unpaired) electrons. The molecule has 100 valence electrons. The average Bonchev–Trinajstić information content (AvgIpc) is 3.16. The summed E-state index contributed by atoms with van der Waals surface area (Å²) in [6.07, 6.45) is 3.94. The maximum atomic E-state index is 6.25. The molecule has 2 rings (SSSR count). The maximum absolute atomic E-state index is 6.25. The second-order valence-corrected chi connectivity index (χ2v) is 5.76.